The molecular weight excluding hydrogens is 530 g/mol. The number of carbonyl (C=O) groups excluding carboxylic acids is 2. The monoisotopic (exact) mass is 541 g/mol. The molecule has 0 fully saturated rings. The van der Waals surface area contributed by atoms with Crippen molar-refractivity contribution in [2.75, 3.05) is 11.9 Å². The van der Waals surface area contributed by atoms with Gasteiger partial charge in [-0.1, -0.05) is 27.3 Å². The number of ether oxygens (including phenoxy) is 1. The molecule has 0 saturated heterocycles. The molecule has 2 N–H and O–H groups in total. The van der Waals surface area contributed by atoms with Crippen molar-refractivity contribution in [2.24, 2.45) is 0 Å². The number of amides is 1. The number of phenols is 1. The molecule has 14 heteroatoms. The highest BCUT2D eigenvalue weighted by atomic mass is 79.9. The number of thiazole rings is 1. The van der Waals surface area contributed by atoms with Crippen LogP contribution in [0.15, 0.2) is 62.2 Å². The zero-order valence-electron chi connectivity index (χ0n) is 15.7. The number of nitro benzene ring substituents is 1. The van der Waals surface area contributed by atoms with E-state index in [2.05, 4.69) is 26.2 Å². The number of hydrogen-bond acceptors (Lipinski definition) is 10. The first kappa shape index (κ1) is 23.3. The minimum absolute atomic E-state index is 0.0585. The lowest BCUT2D eigenvalue weighted by Gasteiger charge is -2.06. The van der Waals surface area contributed by atoms with Crippen LogP contribution in [-0.2, 0) is 19.4 Å². The van der Waals surface area contributed by atoms with Crippen LogP contribution < -0.4 is 5.32 Å². The van der Waals surface area contributed by atoms with E-state index < -0.39 is 33.2 Å². The summed E-state index contributed by atoms with van der Waals surface area (Å²) in [5, 5.41) is 22.7. The van der Waals surface area contributed by atoms with Crippen LogP contribution >= 0.6 is 27.3 Å². The second-order valence-corrected chi connectivity index (χ2v) is 10.1. The van der Waals surface area contributed by atoms with E-state index in [1.165, 1.54) is 18.2 Å². The number of anilines is 1. The number of sulfone groups is 1. The number of nitrogens with zero attached hydrogens (tertiary/aromatic N) is 2. The van der Waals surface area contributed by atoms with E-state index in [4.69, 9.17) is 4.74 Å². The molecule has 11 nitrogen and oxygen atoms in total. The first-order valence-electron chi connectivity index (χ1n) is 8.49. The standard InChI is InChI=1S/C18H12BrN3O8S2/c19-10-1-6-14(23)13(7-10)17(25)30-9-15(24)21-18-20-8-16(31-18)32(28,29)12-4-2-11(3-5-12)22(26)27/h1-8,23H,9H2,(H,20,21,24). The zero-order chi connectivity index (χ0) is 23.5. The van der Waals surface area contributed by atoms with Crippen LogP contribution in [0.2, 0.25) is 0 Å². The normalized spacial score (nSPS) is 11.0. The maximum atomic E-state index is 12.6. The lowest BCUT2D eigenvalue weighted by Crippen LogP contribution is -2.20. The van der Waals surface area contributed by atoms with Gasteiger partial charge in [-0.25, -0.2) is 18.2 Å². The molecule has 32 heavy (non-hydrogen) atoms. The largest absolute Gasteiger partial charge is 0.507 e. The number of aromatic hydroxyl groups is 1. The van der Waals surface area contributed by atoms with E-state index in [0.29, 0.717) is 15.8 Å². The van der Waals surface area contributed by atoms with Gasteiger partial charge in [-0.2, -0.15) is 0 Å². The van der Waals surface area contributed by atoms with Gasteiger partial charge in [-0.05, 0) is 30.3 Å². The molecule has 0 unspecified atom stereocenters. The van der Waals surface area contributed by atoms with Crippen molar-refractivity contribution in [2.45, 2.75) is 9.10 Å². The summed E-state index contributed by atoms with van der Waals surface area (Å²) < 4.78 is 30.4. The molecule has 3 rings (SSSR count). The third kappa shape index (κ3) is 5.27. The van der Waals surface area contributed by atoms with Gasteiger partial charge < -0.3 is 9.84 Å². The molecule has 3 aromatic rings. The van der Waals surface area contributed by atoms with Crippen LogP contribution in [-0.4, -0.2) is 41.9 Å². The van der Waals surface area contributed by atoms with Gasteiger partial charge in [0.1, 0.15) is 15.5 Å². The Balaban J connectivity index is 1.64. The Morgan fingerprint density at radius 2 is 1.91 bits per heavy atom. The third-order valence-corrected chi connectivity index (χ3v) is 7.50. The molecule has 1 heterocycles. The van der Waals surface area contributed by atoms with Gasteiger partial charge >= 0.3 is 5.97 Å². The van der Waals surface area contributed by atoms with Crippen molar-refractivity contribution in [1.29, 1.82) is 0 Å². The Kier molecular flexibility index (Phi) is 6.86. The van der Waals surface area contributed by atoms with Gasteiger partial charge in [0.2, 0.25) is 9.84 Å². The summed E-state index contributed by atoms with van der Waals surface area (Å²) in [7, 11) is -4.00. The van der Waals surface area contributed by atoms with E-state index in [9.17, 15) is 33.2 Å². The van der Waals surface area contributed by atoms with Gasteiger partial charge in [0.05, 0.1) is 16.0 Å². The number of hydrogen-bond donors (Lipinski definition) is 2. The van der Waals surface area contributed by atoms with E-state index >= 15 is 0 Å². The van der Waals surface area contributed by atoms with Crippen molar-refractivity contribution in [1.82, 2.24) is 4.98 Å². The molecule has 1 amide bonds. The van der Waals surface area contributed by atoms with E-state index in [1.54, 1.807) is 0 Å². The lowest BCUT2D eigenvalue weighted by atomic mass is 10.2. The molecule has 2 aromatic carbocycles. The van der Waals surface area contributed by atoms with Crippen molar-refractivity contribution in [3.05, 3.63) is 68.8 Å². The average molecular weight is 542 g/mol. The van der Waals surface area contributed by atoms with Gasteiger partial charge in [-0.15, -0.1) is 0 Å². The van der Waals surface area contributed by atoms with Crippen LogP contribution in [0.25, 0.3) is 0 Å². The number of rotatable bonds is 7. The number of halogens is 1. The summed E-state index contributed by atoms with van der Waals surface area (Å²) >= 11 is 3.81. The van der Waals surface area contributed by atoms with Gasteiger partial charge in [0, 0.05) is 16.6 Å². The molecular formula is C18H12BrN3O8S2. The number of benzene rings is 2. The molecule has 0 aliphatic heterocycles. The quantitative estimate of drug-likeness (QED) is 0.259. The summed E-state index contributed by atoms with van der Waals surface area (Å²) in [4.78, 5) is 37.7. The minimum Gasteiger partial charge on any atom is -0.507 e. The van der Waals surface area contributed by atoms with Crippen LogP contribution in [0.3, 0.4) is 0 Å². The summed E-state index contributed by atoms with van der Waals surface area (Å²) in [6.45, 7) is -0.700. The fourth-order valence-electron chi connectivity index (χ4n) is 2.34. The van der Waals surface area contributed by atoms with Crippen LogP contribution in [0.4, 0.5) is 10.8 Å². The molecule has 1 aromatic heterocycles. The summed E-state index contributed by atoms with van der Waals surface area (Å²) in [6, 6.07) is 8.45. The van der Waals surface area contributed by atoms with Gasteiger partial charge in [-0.3, -0.25) is 20.2 Å². The summed E-state index contributed by atoms with van der Waals surface area (Å²) in [5.41, 5.74) is -0.398. The number of nitro groups is 1. The Hall–Kier alpha value is -3.36. The minimum atomic E-state index is -4.00. The van der Waals surface area contributed by atoms with Crippen molar-refractivity contribution in [3.8, 4) is 5.75 Å². The topological polar surface area (TPSA) is 166 Å². The maximum Gasteiger partial charge on any atom is 0.342 e. The molecule has 0 spiro atoms. The van der Waals surface area contributed by atoms with E-state index in [0.717, 1.165) is 30.5 Å². The Bertz CT molecular complexity index is 1310. The van der Waals surface area contributed by atoms with Crippen LogP contribution in [0.1, 0.15) is 10.4 Å². The molecule has 0 radical (unpaired) electrons. The molecule has 0 aliphatic rings. The molecule has 166 valence electrons. The third-order valence-electron chi connectivity index (χ3n) is 3.87. The van der Waals surface area contributed by atoms with E-state index in [1.807, 2.05) is 0 Å². The van der Waals surface area contributed by atoms with Crippen molar-refractivity contribution < 1.29 is 32.8 Å². The highest BCUT2D eigenvalue weighted by Crippen LogP contribution is 2.29. The summed E-state index contributed by atoms with van der Waals surface area (Å²) in [6.07, 6.45) is 1.03. The Labute approximate surface area is 192 Å². The predicted molar refractivity (Wildman–Crippen MR) is 115 cm³/mol. The van der Waals surface area contributed by atoms with Crippen molar-refractivity contribution >= 4 is 59.8 Å². The fourth-order valence-corrected chi connectivity index (χ4v) is 5.15. The van der Waals surface area contributed by atoms with Gasteiger partial charge in [0.25, 0.3) is 11.6 Å². The number of carbonyl (C=O) groups is 2. The SMILES string of the molecule is O=C(COC(=O)c1cc(Br)ccc1O)Nc1ncc(S(=O)(=O)c2ccc([N+](=O)[O-])cc2)s1. The molecule has 0 bridgehead atoms. The lowest BCUT2D eigenvalue weighted by molar-refractivity contribution is -0.384. The maximum absolute atomic E-state index is 12.6. The number of aromatic nitrogens is 1. The molecule has 0 aliphatic carbocycles. The number of nitrogens with one attached hydrogen (secondary N) is 1. The highest BCUT2D eigenvalue weighted by molar-refractivity contribution is 9.10. The van der Waals surface area contributed by atoms with Crippen LogP contribution in [0.5, 0.6) is 5.75 Å². The van der Waals surface area contributed by atoms with Gasteiger partial charge in [0.15, 0.2) is 11.7 Å². The Morgan fingerprint density at radius 3 is 2.56 bits per heavy atom. The second kappa shape index (κ2) is 9.42. The highest BCUT2D eigenvalue weighted by Gasteiger charge is 2.23. The van der Waals surface area contributed by atoms with Crippen LogP contribution in [0, 0.1) is 10.1 Å². The van der Waals surface area contributed by atoms with Crippen molar-refractivity contribution in [3.63, 3.8) is 0 Å². The summed E-state index contributed by atoms with van der Waals surface area (Å²) in [5.74, 6) is -2.03. The number of non-ortho nitro benzene ring substituents is 1. The number of esters is 1. The smallest absolute Gasteiger partial charge is 0.342 e. The predicted octanol–water partition coefficient (Wildman–Crippen LogP) is 3.15. The first-order valence-corrected chi connectivity index (χ1v) is 11.6. The fraction of sp³-hybridized carbons (Fsp3) is 0.0556. The number of phenolic OH excluding ortho intramolecular Hbond substituents is 1. The van der Waals surface area contributed by atoms with E-state index in [-0.39, 0.29) is 31.2 Å². The first-order chi connectivity index (χ1) is 15.1. The Morgan fingerprint density at radius 1 is 1.22 bits per heavy atom. The second-order valence-electron chi connectivity index (χ2n) is 6.02. The molecule has 0 saturated carbocycles. The molecule has 0 atom stereocenters. The zero-order valence-corrected chi connectivity index (χ0v) is 18.9. The average Bonchev–Trinajstić information content (AvgIpc) is 3.23.